The molecule has 2 saturated heterocycles. The van der Waals surface area contributed by atoms with E-state index >= 15 is 0 Å². The van der Waals surface area contributed by atoms with Crippen LogP contribution in [-0.4, -0.2) is 56.0 Å². The third-order valence-corrected chi connectivity index (χ3v) is 8.32. The number of piperidine rings is 1. The van der Waals surface area contributed by atoms with Crippen molar-refractivity contribution in [3.63, 3.8) is 0 Å². The highest BCUT2D eigenvalue weighted by Gasteiger charge is 2.26. The van der Waals surface area contributed by atoms with Crippen LogP contribution in [0, 0.1) is 20.8 Å². The number of carbonyl (C=O) groups excluding carboxylic acids is 2. The first kappa shape index (κ1) is 27.8. The summed E-state index contributed by atoms with van der Waals surface area (Å²) in [6, 6.07) is 16.4. The summed E-state index contributed by atoms with van der Waals surface area (Å²) in [5, 5.41) is 3.34. The lowest BCUT2D eigenvalue weighted by atomic mass is 9.97. The molecule has 1 atom stereocenters. The quantitative estimate of drug-likeness (QED) is 0.438. The van der Waals surface area contributed by atoms with Crippen molar-refractivity contribution in [2.24, 2.45) is 0 Å². The van der Waals surface area contributed by atoms with Gasteiger partial charge >= 0.3 is 0 Å². The van der Waals surface area contributed by atoms with Crippen LogP contribution in [0.2, 0.25) is 0 Å². The largest absolute Gasteiger partial charge is 0.464 e. The minimum absolute atomic E-state index is 0.0362. The number of anilines is 2. The van der Waals surface area contributed by atoms with Gasteiger partial charge in [0.25, 0.3) is 0 Å². The van der Waals surface area contributed by atoms with Crippen molar-refractivity contribution in [2.75, 3.05) is 49.1 Å². The first-order valence-electron chi connectivity index (χ1n) is 14.6. The molecule has 1 unspecified atom stereocenters. The van der Waals surface area contributed by atoms with Crippen LogP contribution >= 0.6 is 0 Å². The second-order valence-corrected chi connectivity index (χ2v) is 11.3. The van der Waals surface area contributed by atoms with Gasteiger partial charge in [0.1, 0.15) is 17.6 Å². The molecule has 0 aliphatic carbocycles. The van der Waals surface area contributed by atoms with Gasteiger partial charge in [0.15, 0.2) is 0 Å². The maximum Gasteiger partial charge on any atom is 0.225 e. The number of piperazine rings is 1. The first-order chi connectivity index (χ1) is 19.3. The van der Waals surface area contributed by atoms with Crippen LogP contribution in [0.5, 0.6) is 0 Å². The fourth-order valence-electron chi connectivity index (χ4n) is 5.93. The maximum atomic E-state index is 13.7. The van der Waals surface area contributed by atoms with E-state index in [4.69, 9.17) is 4.42 Å². The molecule has 40 heavy (non-hydrogen) atoms. The molecule has 2 aromatic carbocycles. The molecule has 7 heteroatoms. The van der Waals surface area contributed by atoms with Crippen molar-refractivity contribution in [3.8, 4) is 0 Å². The zero-order chi connectivity index (χ0) is 28.2. The molecule has 0 bridgehead atoms. The maximum absolute atomic E-state index is 13.7. The van der Waals surface area contributed by atoms with Crippen molar-refractivity contribution in [1.29, 1.82) is 0 Å². The number of rotatable bonds is 7. The number of nitrogens with one attached hydrogen (secondary N) is 1. The number of hydrogen-bond acceptors (Lipinski definition) is 5. The van der Waals surface area contributed by atoms with Gasteiger partial charge in [-0.05, 0) is 87.1 Å². The van der Waals surface area contributed by atoms with Crippen molar-refractivity contribution in [2.45, 2.75) is 59.4 Å². The topological polar surface area (TPSA) is 69.0 Å². The zero-order valence-corrected chi connectivity index (χ0v) is 24.3. The second-order valence-electron chi connectivity index (χ2n) is 11.3. The molecule has 2 amide bonds. The monoisotopic (exact) mass is 542 g/mol. The Balaban J connectivity index is 1.38. The molecule has 0 radical (unpaired) electrons. The number of amides is 2. The van der Waals surface area contributed by atoms with Gasteiger partial charge in [0, 0.05) is 63.1 Å². The van der Waals surface area contributed by atoms with Crippen LogP contribution in [0.25, 0.3) is 0 Å². The molecule has 0 spiro atoms. The second kappa shape index (κ2) is 12.2. The van der Waals surface area contributed by atoms with Crippen LogP contribution in [0.1, 0.15) is 66.0 Å². The number of carbonyl (C=O) groups is 2. The molecular formula is C33H42N4O3. The number of benzene rings is 2. The van der Waals surface area contributed by atoms with Gasteiger partial charge in [-0.1, -0.05) is 18.2 Å². The lowest BCUT2D eigenvalue weighted by Gasteiger charge is -2.36. The van der Waals surface area contributed by atoms with Gasteiger partial charge in [-0.2, -0.15) is 0 Å². The van der Waals surface area contributed by atoms with Gasteiger partial charge in [-0.25, -0.2) is 0 Å². The van der Waals surface area contributed by atoms with Gasteiger partial charge in [-0.15, -0.1) is 0 Å². The van der Waals surface area contributed by atoms with Crippen molar-refractivity contribution < 1.29 is 14.0 Å². The summed E-state index contributed by atoms with van der Waals surface area (Å²) in [6.07, 6.45) is 3.92. The molecule has 0 saturated carbocycles. The van der Waals surface area contributed by atoms with E-state index in [1.807, 2.05) is 24.0 Å². The smallest absolute Gasteiger partial charge is 0.225 e. The molecule has 5 rings (SSSR count). The fourth-order valence-corrected chi connectivity index (χ4v) is 5.93. The van der Waals surface area contributed by atoms with Crippen LogP contribution in [0.4, 0.5) is 11.4 Å². The minimum atomic E-state index is -0.373. The van der Waals surface area contributed by atoms with E-state index in [1.165, 1.54) is 30.5 Å². The van der Waals surface area contributed by atoms with Crippen LogP contribution < -0.4 is 15.1 Å². The molecule has 2 aliphatic heterocycles. The number of furan rings is 1. The fraction of sp³-hybridized carbons (Fsp3) is 0.455. The van der Waals surface area contributed by atoms with E-state index in [0.29, 0.717) is 0 Å². The Bertz CT molecular complexity index is 1350. The molecule has 1 N–H and O–H groups in total. The third kappa shape index (κ3) is 6.35. The standard InChI is InChI=1S/C33H42N4O3/c1-23-8-12-29(30(20-23)37-14-6-5-7-15-37)33(31-13-10-25(3)40-31)34-32(39)22-27-21-28(11-9-24(27)2)36-18-16-35(17-19-36)26(4)38/h8-13,20-21,33H,5-7,14-19,22H2,1-4H3,(H,34,39). The van der Waals surface area contributed by atoms with E-state index < -0.39 is 0 Å². The SMILES string of the molecule is CC(=O)N1CCN(c2ccc(C)c(CC(=O)NC(c3ccc(C)o3)c3ccc(C)cc3N3CCCCC3)c2)CC1. The predicted molar refractivity (Wildman–Crippen MR) is 160 cm³/mol. The summed E-state index contributed by atoms with van der Waals surface area (Å²) in [5.41, 5.74) is 6.67. The van der Waals surface area contributed by atoms with Crippen LogP contribution in [-0.2, 0) is 16.0 Å². The Hall–Kier alpha value is -3.74. The summed E-state index contributed by atoms with van der Waals surface area (Å²) in [4.78, 5) is 32.0. The van der Waals surface area contributed by atoms with E-state index in [2.05, 4.69) is 65.4 Å². The predicted octanol–water partition coefficient (Wildman–Crippen LogP) is 5.31. The Kier molecular flexibility index (Phi) is 8.48. The lowest BCUT2D eigenvalue weighted by molar-refractivity contribution is -0.129. The molecule has 7 nitrogen and oxygen atoms in total. The Labute approximate surface area is 238 Å². The van der Waals surface area contributed by atoms with Crippen LogP contribution in [0.15, 0.2) is 52.9 Å². The molecule has 212 valence electrons. The Morgan fingerprint density at radius 1 is 0.850 bits per heavy atom. The summed E-state index contributed by atoms with van der Waals surface area (Å²) in [5.74, 6) is 1.67. The molecule has 3 aromatic rings. The van der Waals surface area contributed by atoms with Crippen LogP contribution in [0.3, 0.4) is 0 Å². The molecule has 1 aromatic heterocycles. The summed E-state index contributed by atoms with van der Waals surface area (Å²) in [7, 11) is 0. The molecule has 3 heterocycles. The Morgan fingerprint density at radius 2 is 1.60 bits per heavy atom. The Morgan fingerprint density at radius 3 is 2.27 bits per heavy atom. The van der Waals surface area contributed by atoms with Gasteiger partial charge in [-0.3, -0.25) is 9.59 Å². The number of nitrogens with zero attached hydrogens (tertiary/aromatic N) is 3. The highest BCUT2D eigenvalue weighted by molar-refractivity contribution is 5.81. The van der Waals surface area contributed by atoms with Crippen molar-refractivity contribution in [3.05, 3.63) is 82.3 Å². The first-order valence-corrected chi connectivity index (χ1v) is 14.6. The highest BCUT2D eigenvalue weighted by atomic mass is 16.3. The van der Waals surface area contributed by atoms with E-state index in [1.54, 1.807) is 6.92 Å². The highest BCUT2D eigenvalue weighted by Crippen LogP contribution is 2.34. The third-order valence-electron chi connectivity index (χ3n) is 8.32. The molecule has 2 fully saturated rings. The summed E-state index contributed by atoms with van der Waals surface area (Å²) in [6.45, 7) is 12.8. The average molecular weight is 543 g/mol. The average Bonchev–Trinajstić information content (AvgIpc) is 3.39. The lowest BCUT2D eigenvalue weighted by Crippen LogP contribution is -2.48. The number of aryl methyl sites for hydroxylation is 3. The van der Waals surface area contributed by atoms with Gasteiger partial charge < -0.3 is 24.4 Å². The summed E-state index contributed by atoms with van der Waals surface area (Å²) >= 11 is 0. The van der Waals surface area contributed by atoms with Gasteiger partial charge in [0.05, 0.1) is 6.42 Å². The van der Waals surface area contributed by atoms with Gasteiger partial charge in [0.2, 0.25) is 11.8 Å². The van der Waals surface area contributed by atoms with Crippen molar-refractivity contribution in [1.82, 2.24) is 10.2 Å². The van der Waals surface area contributed by atoms with E-state index in [-0.39, 0.29) is 24.3 Å². The molecule has 2 aliphatic rings. The summed E-state index contributed by atoms with van der Waals surface area (Å²) < 4.78 is 6.10. The normalized spacial score (nSPS) is 16.6. The van der Waals surface area contributed by atoms with Crippen molar-refractivity contribution >= 4 is 23.2 Å². The number of hydrogen-bond donors (Lipinski definition) is 1. The molecular weight excluding hydrogens is 500 g/mol. The van der Waals surface area contributed by atoms with E-state index in [0.717, 1.165) is 73.2 Å². The van der Waals surface area contributed by atoms with E-state index in [9.17, 15) is 9.59 Å². The zero-order valence-electron chi connectivity index (χ0n) is 24.3. The minimum Gasteiger partial charge on any atom is -0.464 e.